The lowest BCUT2D eigenvalue weighted by Gasteiger charge is -2.32. The van der Waals surface area contributed by atoms with Crippen molar-refractivity contribution in [2.75, 3.05) is 0 Å². The molecular formula is C12H17N5OS. The molecule has 102 valence electrons. The molecule has 1 amide bonds. The summed E-state index contributed by atoms with van der Waals surface area (Å²) in [7, 11) is 0. The molecule has 6 nitrogen and oxygen atoms in total. The van der Waals surface area contributed by atoms with E-state index in [1.54, 1.807) is 6.92 Å². The number of carbonyl (C=O) groups is 1. The third-order valence-electron chi connectivity index (χ3n) is 3.33. The first-order valence-corrected chi connectivity index (χ1v) is 7.28. The highest BCUT2D eigenvalue weighted by Crippen LogP contribution is 2.28. The molecule has 7 heteroatoms. The summed E-state index contributed by atoms with van der Waals surface area (Å²) in [6.45, 7) is 1.80. The summed E-state index contributed by atoms with van der Waals surface area (Å²) in [6, 6.07) is 2.29. The van der Waals surface area contributed by atoms with Gasteiger partial charge in [-0.25, -0.2) is 4.98 Å². The zero-order valence-corrected chi connectivity index (χ0v) is 11.7. The topological polar surface area (TPSA) is 94.5 Å². The van der Waals surface area contributed by atoms with E-state index < -0.39 is 5.54 Å². The highest BCUT2D eigenvalue weighted by Gasteiger charge is 2.34. The van der Waals surface area contributed by atoms with E-state index in [4.69, 9.17) is 0 Å². The molecule has 1 heterocycles. The van der Waals surface area contributed by atoms with Crippen LogP contribution in [0.2, 0.25) is 0 Å². The van der Waals surface area contributed by atoms with Crippen LogP contribution in [0.3, 0.4) is 0 Å². The number of nitrogens with one attached hydrogen (secondary N) is 2. The third kappa shape index (κ3) is 3.47. The number of amides is 1. The predicted octanol–water partition coefficient (Wildman–Crippen LogP) is 1.63. The van der Waals surface area contributed by atoms with Crippen LogP contribution >= 0.6 is 11.8 Å². The largest absolute Gasteiger partial charge is 0.337 e. The van der Waals surface area contributed by atoms with Gasteiger partial charge >= 0.3 is 0 Å². The number of H-pyrrole nitrogens is 1. The van der Waals surface area contributed by atoms with E-state index in [1.807, 2.05) is 0 Å². The lowest BCUT2D eigenvalue weighted by molar-refractivity contribution is -0.121. The fourth-order valence-corrected chi connectivity index (χ4v) is 2.94. The molecule has 2 rings (SSSR count). The summed E-state index contributed by atoms with van der Waals surface area (Å²) < 4.78 is 0. The summed E-state index contributed by atoms with van der Waals surface area (Å²) in [5.74, 6) is -0.121. The van der Waals surface area contributed by atoms with E-state index in [0.29, 0.717) is 5.16 Å². The molecule has 0 aromatic carbocycles. The van der Waals surface area contributed by atoms with E-state index in [1.165, 1.54) is 18.1 Å². The highest BCUT2D eigenvalue weighted by atomic mass is 32.2. The van der Waals surface area contributed by atoms with Gasteiger partial charge in [-0.15, -0.1) is 0 Å². The lowest BCUT2D eigenvalue weighted by atomic mass is 9.83. The van der Waals surface area contributed by atoms with Gasteiger partial charge in [-0.1, -0.05) is 31.0 Å². The summed E-state index contributed by atoms with van der Waals surface area (Å²) in [4.78, 5) is 16.1. The molecule has 0 bridgehead atoms. The van der Waals surface area contributed by atoms with E-state index in [9.17, 15) is 10.1 Å². The Kier molecular flexibility index (Phi) is 4.43. The first-order valence-electron chi connectivity index (χ1n) is 6.40. The summed E-state index contributed by atoms with van der Waals surface area (Å²) in [5.41, 5.74) is -0.675. The van der Waals surface area contributed by atoms with Crippen molar-refractivity contribution < 1.29 is 4.79 Å². The van der Waals surface area contributed by atoms with Crippen LogP contribution in [0.1, 0.15) is 39.0 Å². The molecule has 19 heavy (non-hydrogen) atoms. The Morgan fingerprint density at radius 1 is 1.58 bits per heavy atom. The summed E-state index contributed by atoms with van der Waals surface area (Å²) in [5, 5.41) is 19.0. The van der Waals surface area contributed by atoms with Crippen LogP contribution in [0.25, 0.3) is 0 Å². The first-order chi connectivity index (χ1) is 9.15. The standard InChI is InChI=1S/C12H17N5OS/c1-9(19-11-14-8-15-17-11)10(18)16-12(7-13)5-3-2-4-6-12/h8-9H,2-6H2,1H3,(H,16,18)(H,14,15,17). The van der Waals surface area contributed by atoms with Crippen molar-refractivity contribution in [3.05, 3.63) is 6.33 Å². The average Bonchev–Trinajstić information content (AvgIpc) is 2.92. The number of thioether (sulfide) groups is 1. The minimum Gasteiger partial charge on any atom is -0.337 e. The first kappa shape index (κ1) is 13.9. The van der Waals surface area contributed by atoms with Gasteiger partial charge in [0.25, 0.3) is 0 Å². The van der Waals surface area contributed by atoms with Gasteiger partial charge in [0.15, 0.2) is 5.16 Å². The SMILES string of the molecule is CC(Sc1ncn[nH]1)C(=O)NC1(C#N)CCCCC1. The molecule has 1 unspecified atom stereocenters. The number of aromatic nitrogens is 3. The second-order valence-electron chi connectivity index (χ2n) is 4.79. The van der Waals surface area contributed by atoms with Crippen LogP contribution in [-0.2, 0) is 4.79 Å². The second kappa shape index (κ2) is 6.06. The van der Waals surface area contributed by atoms with Crippen LogP contribution in [0, 0.1) is 11.3 Å². The molecule has 1 fully saturated rings. The van der Waals surface area contributed by atoms with Gasteiger partial charge < -0.3 is 5.32 Å². The Morgan fingerprint density at radius 3 is 2.89 bits per heavy atom. The van der Waals surface area contributed by atoms with Gasteiger partial charge in [-0.2, -0.15) is 10.4 Å². The maximum absolute atomic E-state index is 12.2. The monoisotopic (exact) mass is 279 g/mol. The zero-order valence-electron chi connectivity index (χ0n) is 10.8. The maximum Gasteiger partial charge on any atom is 0.234 e. The molecule has 1 aromatic heterocycles. The molecule has 1 saturated carbocycles. The molecule has 0 spiro atoms. The Balaban J connectivity index is 1.94. The van der Waals surface area contributed by atoms with E-state index in [2.05, 4.69) is 26.6 Å². The number of rotatable bonds is 4. The normalized spacial score (nSPS) is 19.4. The molecule has 1 atom stereocenters. The second-order valence-corrected chi connectivity index (χ2v) is 6.12. The van der Waals surface area contributed by atoms with Gasteiger partial charge in [0, 0.05) is 0 Å². The van der Waals surface area contributed by atoms with Crippen molar-refractivity contribution >= 4 is 17.7 Å². The number of aromatic amines is 1. The fraction of sp³-hybridized carbons (Fsp3) is 0.667. The minimum absolute atomic E-state index is 0.121. The molecule has 2 N–H and O–H groups in total. The van der Waals surface area contributed by atoms with Crippen LogP contribution in [-0.4, -0.2) is 31.9 Å². The lowest BCUT2D eigenvalue weighted by Crippen LogP contribution is -2.50. The van der Waals surface area contributed by atoms with Crippen molar-refractivity contribution in [1.82, 2.24) is 20.5 Å². The molecule has 0 aliphatic heterocycles. The fourth-order valence-electron chi connectivity index (χ4n) is 2.23. The van der Waals surface area contributed by atoms with Crippen molar-refractivity contribution in [1.29, 1.82) is 5.26 Å². The van der Waals surface area contributed by atoms with Gasteiger partial charge in [0.05, 0.1) is 11.3 Å². The number of carbonyl (C=O) groups excluding carboxylic acids is 1. The molecular weight excluding hydrogens is 262 g/mol. The molecule has 1 aliphatic rings. The van der Waals surface area contributed by atoms with E-state index >= 15 is 0 Å². The van der Waals surface area contributed by atoms with Gasteiger partial charge in [-0.05, 0) is 19.8 Å². The minimum atomic E-state index is -0.675. The predicted molar refractivity (Wildman–Crippen MR) is 71.3 cm³/mol. The summed E-state index contributed by atoms with van der Waals surface area (Å²) in [6.07, 6.45) is 6.03. The Bertz CT molecular complexity index is 461. The molecule has 1 aromatic rings. The Hall–Kier alpha value is -1.55. The molecule has 0 radical (unpaired) electrons. The Morgan fingerprint density at radius 2 is 2.32 bits per heavy atom. The Labute approximate surface area is 116 Å². The van der Waals surface area contributed by atoms with Crippen LogP contribution in [0.4, 0.5) is 0 Å². The van der Waals surface area contributed by atoms with Crippen LogP contribution in [0.5, 0.6) is 0 Å². The van der Waals surface area contributed by atoms with E-state index in [0.717, 1.165) is 32.1 Å². The van der Waals surface area contributed by atoms with Crippen LogP contribution in [0.15, 0.2) is 11.5 Å². The van der Waals surface area contributed by atoms with Gasteiger partial charge in [-0.3, -0.25) is 9.89 Å². The molecule has 0 saturated heterocycles. The summed E-state index contributed by atoms with van der Waals surface area (Å²) >= 11 is 1.31. The number of nitriles is 1. The van der Waals surface area contributed by atoms with Gasteiger partial charge in [0.2, 0.25) is 5.91 Å². The van der Waals surface area contributed by atoms with Crippen molar-refractivity contribution in [2.24, 2.45) is 0 Å². The highest BCUT2D eigenvalue weighted by molar-refractivity contribution is 8.00. The third-order valence-corrected chi connectivity index (χ3v) is 4.32. The quantitative estimate of drug-likeness (QED) is 0.817. The maximum atomic E-state index is 12.2. The van der Waals surface area contributed by atoms with Crippen molar-refractivity contribution in [2.45, 2.75) is 55.0 Å². The smallest absolute Gasteiger partial charge is 0.234 e. The van der Waals surface area contributed by atoms with Gasteiger partial charge in [0.1, 0.15) is 11.9 Å². The average molecular weight is 279 g/mol. The van der Waals surface area contributed by atoms with Crippen molar-refractivity contribution in [3.8, 4) is 6.07 Å². The number of hydrogen-bond acceptors (Lipinski definition) is 5. The van der Waals surface area contributed by atoms with Crippen LogP contribution < -0.4 is 5.32 Å². The zero-order chi connectivity index (χ0) is 13.7. The number of nitrogens with zero attached hydrogens (tertiary/aromatic N) is 3. The van der Waals surface area contributed by atoms with Crippen molar-refractivity contribution in [3.63, 3.8) is 0 Å². The molecule has 1 aliphatic carbocycles. The van der Waals surface area contributed by atoms with E-state index in [-0.39, 0.29) is 11.2 Å². The number of hydrogen-bond donors (Lipinski definition) is 2.